The lowest BCUT2D eigenvalue weighted by Gasteiger charge is -2.44. The lowest BCUT2D eigenvalue weighted by molar-refractivity contribution is -0.0974. The second kappa shape index (κ2) is 5.41. The van der Waals surface area contributed by atoms with Gasteiger partial charge in [0, 0.05) is 32.9 Å². The lowest BCUT2D eigenvalue weighted by Crippen LogP contribution is -2.56. The van der Waals surface area contributed by atoms with E-state index < -0.39 is 5.60 Å². The molecule has 1 fully saturated rings. The van der Waals surface area contributed by atoms with Gasteiger partial charge in [-0.05, 0) is 62.8 Å². The number of nitrogens with zero attached hydrogens (tertiary/aromatic N) is 1. The molecule has 1 unspecified atom stereocenters. The molecule has 2 aromatic rings. The van der Waals surface area contributed by atoms with Crippen LogP contribution < -0.4 is 15.8 Å². The van der Waals surface area contributed by atoms with Gasteiger partial charge in [-0.25, -0.2) is 4.98 Å². The molecule has 114 valence electrons. The highest BCUT2D eigenvalue weighted by Gasteiger charge is 2.47. The fraction of sp³-hybridized carbons (Fsp3) is 0.267. The topological polar surface area (TPSA) is 69.4 Å². The molecule has 1 spiro atoms. The Morgan fingerprint density at radius 2 is 2.23 bits per heavy atom. The van der Waals surface area contributed by atoms with Crippen molar-refractivity contribution in [1.82, 2.24) is 10.3 Å². The van der Waals surface area contributed by atoms with Crippen LogP contribution in [0.2, 0.25) is 0 Å². The predicted octanol–water partition coefficient (Wildman–Crippen LogP) is 2.70. The molecule has 3 heterocycles. The Kier molecular flexibility index (Phi) is 3.65. The minimum absolute atomic E-state index is 0.385. The number of rotatable bonds is 0. The summed E-state index contributed by atoms with van der Waals surface area (Å²) in [4.78, 5) is 4.40. The van der Waals surface area contributed by atoms with E-state index in [2.05, 4.69) is 54.9 Å². The highest BCUT2D eigenvalue weighted by Crippen LogP contribution is 2.49. The number of pyridine rings is 1. The van der Waals surface area contributed by atoms with Crippen molar-refractivity contribution >= 4 is 38.5 Å². The first-order chi connectivity index (χ1) is 10.6. The molecule has 0 aliphatic carbocycles. The van der Waals surface area contributed by atoms with Crippen molar-refractivity contribution in [3.63, 3.8) is 0 Å². The average molecular weight is 474 g/mol. The number of aromatic nitrogens is 1. The molecule has 0 bridgehead atoms. The number of halogens is 2. The Morgan fingerprint density at radius 1 is 1.36 bits per heavy atom. The summed E-state index contributed by atoms with van der Waals surface area (Å²) in [5.74, 6) is 1.33. The van der Waals surface area contributed by atoms with Gasteiger partial charge in [0.2, 0.25) is 5.88 Å². The van der Waals surface area contributed by atoms with Gasteiger partial charge in [-0.15, -0.1) is 0 Å². The standard InChI is InChI=1S/C15H13BrIN3O2/c16-8-3-11-14(20-5-8)21-12-2-1-9(17)4-10(12)15(11)7-19-6-13(18)22-15/h1-5,13,19H,6-7,18H2/t13-,15?/m0/s1. The average Bonchev–Trinajstić information content (AvgIpc) is 2.49. The highest BCUT2D eigenvalue weighted by atomic mass is 127. The van der Waals surface area contributed by atoms with Gasteiger partial charge in [0.15, 0.2) is 0 Å². The molecule has 0 saturated carbocycles. The Labute approximate surface area is 149 Å². The fourth-order valence-electron chi connectivity index (χ4n) is 3.00. The minimum atomic E-state index is -0.682. The van der Waals surface area contributed by atoms with Crippen LogP contribution in [0.3, 0.4) is 0 Å². The van der Waals surface area contributed by atoms with Crippen molar-refractivity contribution < 1.29 is 9.47 Å². The maximum Gasteiger partial charge on any atom is 0.225 e. The summed E-state index contributed by atoms with van der Waals surface area (Å²) in [6.45, 7) is 1.25. The summed E-state index contributed by atoms with van der Waals surface area (Å²) in [5.41, 5.74) is 7.26. The second-order valence-corrected chi connectivity index (χ2v) is 7.52. The van der Waals surface area contributed by atoms with Crippen molar-refractivity contribution in [2.75, 3.05) is 13.1 Å². The first-order valence-electron chi connectivity index (χ1n) is 6.86. The summed E-state index contributed by atoms with van der Waals surface area (Å²) < 4.78 is 14.2. The third kappa shape index (κ3) is 2.26. The van der Waals surface area contributed by atoms with Crippen LogP contribution in [0.15, 0.2) is 34.9 Å². The van der Waals surface area contributed by atoms with E-state index in [4.69, 9.17) is 15.2 Å². The number of hydrogen-bond donors (Lipinski definition) is 2. The summed E-state index contributed by atoms with van der Waals surface area (Å²) in [6, 6.07) is 8.03. The van der Waals surface area contributed by atoms with E-state index in [0.717, 1.165) is 24.9 Å². The lowest BCUT2D eigenvalue weighted by atomic mass is 9.83. The Morgan fingerprint density at radius 3 is 3.05 bits per heavy atom. The van der Waals surface area contributed by atoms with E-state index in [1.807, 2.05) is 18.2 Å². The summed E-state index contributed by atoms with van der Waals surface area (Å²) in [6.07, 6.45) is 1.34. The molecule has 2 aliphatic rings. The number of hydrogen-bond acceptors (Lipinski definition) is 5. The molecule has 0 radical (unpaired) electrons. The molecular formula is C15H13BrIN3O2. The largest absolute Gasteiger partial charge is 0.438 e. The zero-order chi connectivity index (χ0) is 15.3. The third-order valence-corrected chi connectivity index (χ3v) is 5.01. The number of morpholine rings is 1. The molecule has 1 aromatic heterocycles. The molecule has 2 atom stereocenters. The van der Waals surface area contributed by atoms with Crippen LogP contribution in [0.1, 0.15) is 11.1 Å². The normalized spacial score (nSPS) is 26.2. The number of nitrogens with two attached hydrogens (primary N) is 1. The highest BCUT2D eigenvalue weighted by molar-refractivity contribution is 14.1. The summed E-state index contributed by atoms with van der Waals surface area (Å²) >= 11 is 5.77. The fourth-order valence-corrected chi connectivity index (χ4v) is 3.83. The first kappa shape index (κ1) is 14.8. The van der Waals surface area contributed by atoms with E-state index in [0.29, 0.717) is 19.0 Å². The van der Waals surface area contributed by atoms with Crippen LogP contribution >= 0.6 is 38.5 Å². The van der Waals surface area contributed by atoms with E-state index in [1.54, 1.807) is 6.20 Å². The van der Waals surface area contributed by atoms with Gasteiger partial charge in [0.25, 0.3) is 0 Å². The van der Waals surface area contributed by atoms with E-state index in [-0.39, 0.29) is 6.23 Å². The van der Waals surface area contributed by atoms with E-state index in [1.165, 1.54) is 0 Å². The van der Waals surface area contributed by atoms with Gasteiger partial charge >= 0.3 is 0 Å². The van der Waals surface area contributed by atoms with E-state index >= 15 is 0 Å². The van der Waals surface area contributed by atoms with Gasteiger partial charge in [0.1, 0.15) is 17.6 Å². The molecule has 1 aromatic carbocycles. The Hall–Kier alpha value is -0.740. The second-order valence-electron chi connectivity index (χ2n) is 5.36. The molecule has 22 heavy (non-hydrogen) atoms. The Bertz CT molecular complexity index is 704. The van der Waals surface area contributed by atoms with Crippen molar-refractivity contribution in [1.29, 1.82) is 0 Å². The molecule has 4 rings (SSSR count). The Balaban J connectivity index is 1.99. The number of ether oxygens (including phenoxy) is 2. The summed E-state index contributed by atoms with van der Waals surface area (Å²) in [7, 11) is 0. The molecule has 0 amide bonds. The predicted molar refractivity (Wildman–Crippen MR) is 93.9 cm³/mol. The van der Waals surface area contributed by atoms with Crippen LogP contribution in [0, 0.1) is 3.57 Å². The molecule has 7 heteroatoms. The van der Waals surface area contributed by atoms with Crippen LogP contribution in [-0.2, 0) is 10.3 Å². The molecule has 5 nitrogen and oxygen atoms in total. The van der Waals surface area contributed by atoms with Gasteiger partial charge < -0.3 is 20.5 Å². The molecule has 2 aliphatic heterocycles. The number of fused-ring (bicyclic) bond motifs is 4. The zero-order valence-electron chi connectivity index (χ0n) is 11.5. The van der Waals surface area contributed by atoms with Crippen LogP contribution in [-0.4, -0.2) is 24.3 Å². The monoisotopic (exact) mass is 473 g/mol. The van der Waals surface area contributed by atoms with Gasteiger partial charge in [-0.3, -0.25) is 0 Å². The third-order valence-electron chi connectivity index (χ3n) is 3.91. The minimum Gasteiger partial charge on any atom is -0.438 e. The van der Waals surface area contributed by atoms with Crippen molar-refractivity contribution in [2.45, 2.75) is 11.8 Å². The molecule has 3 N–H and O–H groups in total. The van der Waals surface area contributed by atoms with Crippen LogP contribution in [0.25, 0.3) is 0 Å². The van der Waals surface area contributed by atoms with Gasteiger partial charge in [-0.1, -0.05) is 0 Å². The summed E-state index contributed by atoms with van der Waals surface area (Å²) in [5, 5.41) is 3.36. The van der Waals surface area contributed by atoms with E-state index in [9.17, 15) is 0 Å². The number of nitrogens with one attached hydrogen (secondary N) is 1. The van der Waals surface area contributed by atoms with Crippen molar-refractivity contribution in [2.24, 2.45) is 5.73 Å². The maximum atomic E-state index is 6.25. The van der Waals surface area contributed by atoms with Gasteiger partial charge in [-0.2, -0.15) is 0 Å². The quantitative estimate of drug-likeness (QED) is 0.576. The van der Waals surface area contributed by atoms with Crippen molar-refractivity contribution in [3.05, 3.63) is 49.6 Å². The van der Waals surface area contributed by atoms with Crippen LogP contribution in [0.5, 0.6) is 11.6 Å². The number of benzene rings is 1. The molecular weight excluding hydrogens is 461 g/mol. The maximum absolute atomic E-state index is 6.25. The first-order valence-corrected chi connectivity index (χ1v) is 8.74. The van der Waals surface area contributed by atoms with Crippen LogP contribution in [0.4, 0.5) is 0 Å². The van der Waals surface area contributed by atoms with Gasteiger partial charge in [0.05, 0.1) is 5.56 Å². The molecule has 1 saturated heterocycles. The SMILES string of the molecule is N[C@@H]1CNCC2(O1)c1cc(I)ccc1Oc1ncc(Br)cc12. The zero-order valence-corrected chi connectivity index (χ0v) is 15.2. The van der Waals surface area contributed by atoms with Crippen molar-refractivity contribution in [3.8, 4) is 11.6 Å². The smallest absolute Gasteiger partial charge is 0.225 e.